The number of halogens is 3. The molecule has 0 bridgehead atoms. The van der Waals surface area contributed by atoms with Gasteiger partial charge in [-0.1, -0.05) is 6.07 Å². The van der Waals surface area contributed by atoms with E-state index in [1.165, 1.54) is 12.1 Å². The summed E-state index contributed by atoms with van der Waals surface area (Å²) in [5.74, 6) is -0.401. The number of nitrogens with zero attached hydrogens (tertiary/aromatic N) is 2. The molecule has 2 N–H and O–H groups in total. The number of aryl methyl sites for hydroxylation is 1. The van der Waals surface area contributed by atoms with Crippen LogP contribution >= 0.6 is 0 Å². The van der Waals surface area contributed by atoms with E-state index in [-0.39, 0.29) is 11.3 Å². The van der Waals surface area contributed by atoms with Gasteiger partial charge in [-0.2, -0.15) is 18.4 Å². The predicted molar refractivity (Wildman–Crippen MR) is 86.4 cm³/mol. The smallest absolute Gasteiger partial charge is 0.345 e. The average Bonchev–Trinajstić information content (AvgIpc) is 2.55. The van der Waals surface area contributed by atoms with E-state index in [2.05, 4.69) is 15.6 Å². The number of hydrogen-bond acceptors (Lipinski definition) is 4. The van der Waals surface area contributed by atoms with E-state index in [9.17, 15) is 18.0 Å². The number of nitrogens with one attached hydrogen (secondary N) is 2. The van der Waals surface area contributed by atoms with Crippen molar-refractivity contribution in [2.45, 2.75) is 13.1 Å². The molecule has 0 radical (unpaired) electrons. The van der Waals surface area contributed by atoms with Gasteiger partial charge in [0.15, 0.2) is 0 Å². The molecule has 1 amide bonds. The molecule has 0 saturated heterocycles. The number of anilines is 2. The Kier molecular flexibility index (Phi) is 5.39. The summed E-state index contributed by atoms with van der Waals surface area (Å²) in [6.07, 6.45) is -1.82. The van der Waals surface area contributed by atoms with Crippen LogP contribution in [-0.4, -0.2) is 10.9 Å². The van der Waals surface area contributed by atoms with Crippen LogP contribution in [0, 0.1) is 18.3 Å². The lowest BCUT2D eigenvalue weighted by atomic mass is 10.2. The Morgan fingerprint density at radius 2 is 2.04 bits per heavy atom. The molecular weight excluding hydrogens is 333 g/mol. The summed E-state index contributed by atoms with van der Waals surface area (Å²) in [5, 5.41) is 14.0. The Hall–Kier alpha value is -3.34. The van der Waals surface area contributed by atoms with E-state index in [1.54, 1.807) is 24.4 Å². The SMILES string of the molecule is Cc1ccnc(N/C=C(/C#N)C(=O)Nc2cccc(C(F)(F)F)c2)c1. The van der Waals surface area contributed by atoms with E-state index in [4.69, 9.17) is 5.26 Å². The summed E-state index contributed by atoms with van der Waals surface area (Å²) in [6.45, 7) is 1.85. The van der Waals surface area contributed by atoms with E-state index >= 15 is 0 Å². The van der Waals surface area contributed by atoms with Gasteiger partial charge in [-0.3, -0.25) is 4.79 Å². The zero-order valence-corrected chi connectivity index (χ0v) is 13.1. The van der Waals surface area contributed by atoms with E-state index in [1.807, 2.05) is 6.92 Å². The first-order valence-corrected chi connectivity index (χ1v) is 7.07. The van der Waals surface area contributed by atoms with Gasteiger partial charge in [-0.15, -0.1) is 0 Å². The molecule has 25 heavy (non-hydrogen) atoms. The van der Waals surface area contributed by atoms with Gasteiger partial charge in [-0.25, -0.2) is 4.98 Å². The highest BCUT2D eigenvalue weighted by atomic mass is 19.4. The fourth-order valence-electron chi connectivity index (χ4n) is 1.88. The summed E-state index contributed by atoms with van der Waals surface area (Å²) < 4.78 is 38.0. The molecule has 0 aliphatic rings. The third-order valence-corrected chi connectivity index (χ3v) is 3.09. The zero-order valence-electron chi connectivity index (χ0n) is 13.1. The molecule has 1 aromatic carbocycles. The molecule has 128 valence electrons. The van der Waals surface area contributed by atoms with E-state index in [0.29, 0.717) is 5.82 Å². The average molecular weight is 346 g/mol. The molecule has 1 aromatic heterocycles. The van der Waals surface area contributed by atoms with Crippen LogP contribution in [0.3, 0.4) is 0 Å². The topological polar surface area (TPSA) is 77.8 Å². The number of nitriles is 1. The fraction of sp³-hybridized carbons (Fsp3) is 0.118. The van der Waals surface area contributed by atoms with E-state index in [0.717, 1.165) is 23.9 Å². The lowest BCUT2D eigenvalue weighted by Gasteiger charge is -2.09. The van der Waals surface area contributed by atoms with Crippen LogP contribution in [0.1, 0.15) is 11.1 Å². The second kappa shape index (κ2) is 7.49. The maximum absolute atomic E-state index is 12.7. The summed E-state index contributed by atoms with van der Waals surface area (Å²) in [4.78, 5) is 16.1. The standard InChI is InChI=1S/C17H13F3N4O/c1-11-5-6-22-15(7-11)23-10-12(9-21)16(25)24-14-4-2-3-13(8-14)17(18,19)20/h2-8,10H,1H3,(H,22,23)(H,24,25)/b12-10-. The molecule has 0 aliphatic carbocycles. The highest BCUT2D eigenvalue weighted by Crippen LogP contribution is 2.30. The molecule has 0 spiro atoms. The molecular formula is C17H13F3N4O. The minimum absolute atomic E-state index is 0.0605. The van der Waals surface area contributed by atoms with Gasteiger partial charge in [-0.05, 0) is 42.8 Å². The maximum Gasteiger partial charge on any atom is 0.416 e. The molecule has 5 nitrogen and oxygen atoms in total. The number of aromatic nitrogens is 1. The predicted octanol–water partition coefficient (Wildman–Crippen LogP) is 3.87. The first kappa shape index (κ1) is 18.0. The van der Waals surface area contributed by atoms with E-state index < -0.39 is 17.6 Å². The largest absolute Gasteiger partial charge is 0.416 e. The van der Waals surface area contributed by atoms with Gasteiger partial charge < -0.3 is 10.6 Å². The third-order valence-electron chi connectivity index (χ3n) is 3.09. The Bertz CT molecular complexity index is 853. The van der Waals surface area contributed by atoms with Crippen molar-refractivity contribution < 1.29 is 18.0 Å². The number of rotatable bonds is 4. The number of carbonyl (C=O) groups is 1. The monoisotopic (exact) mass is 346 g/mol. The van der Waals surface area contributed by atoms with Crippen molar-refractivity contribution in [2.24, 2.45) is 0 Å². The van der Waals surface area contributed by atoms with Crippen LogP contribution in [0.5, 0.6) is 0 Å². The Labute approximate surface area is 141 Å². The summed E-state index contributed by atoms with van der Waals surface area (Å²) >= 11 is 0. The second-order valence-corrected chi connectivity index (χ2v) is 5.07. The normalized spacial score (nSPS) is 11.6. The molecule has 0 fully saturated rings. The molecule has 0 atom stereocenters. The number of pyridine rings is 1. The van der Waals surface area contributed by atoms with Crippen molar-refractivity contribution in [3.8, 4) is 6.07 Å². The van der Waals surface area contributed by atoms with Crippen molar-refractivity contribution in [3.05, 3.63) is 65.5 Å². The second-order valence-electron chi connectivity index (χ2n) is 5.07. The maximum atomic E-state index is 12.7. The summed E-state index contributed by atoms with van der Waals surface area (Å²) in [5.41, 5.74) is -0.330. The van der Waals surface area contributed by atoms with Crippen molar-refractivity contribution in [2.75, 3.05) is 10.6 Å². The van der Waals surface area contributed by atoms with Crippen LogP contribution in [0.2, 0.25) is 0 Å². The van der Waals surface area contributed by atoms with Crippen LogP contribution in [0.25, 0.3) is 0 Å². The Balaban J connectivity index is 2.13. The van der Waals surface area contributed by atoms with Crippen LogP contribution in [0.4, 0.5) is 24.7 Å². The fourth-order valence-corrected chi connectivity index (χ4v) is 1.88. The number of hydrogen-bond donors (Lipinski definition) is 2. The minimum atomic E-state index is -4.52. The van der Waals surface area contributed by atoms with Gasteiger partial charge in [0.25, 0.3) is 5.91 Å². The Morgan fingerprint density at radius 3 is 2.68 bits per heavy atom. The van der Waals surface area contributed by atoms with Crippen molar-refractivity contribution in [1.82, 2.24) is 4.98 Å². The van der Waals surface area contributed by atoms with Crippen LogP contribution in [0.15, 0.2) is 54.4 Å². The van der Waals surface area contributed by atoms with Crippen molar-refractivity contribution in [1.29, 1.82) is 5.26 Å². The molecule has 1 heterocycles. The molecule has 0 aliphatic heterocycles. The zero-order chi connectivity index (χ0) is 18.4. The molecule has 2 rings (SSSR count). The number of carbonyl (C=O) groups excluding carboxylic acids is 1. The van der Waals surface area contributed by atoms with Crippen LogP contribution < -0.4 is 10.6 Å². The van der Waals surface area contributed by atoms with Gasteiger partial charge in [0, 0.05) is 18.1 Å². The Morgan fingerprint density at radius 1 is 1.28 bits per heavy atom. The number of alkyl halides is 3. The molecule has 8 heteroatoms. The van der Waals surface area contributed by atoms with Gasteiger partial charge >= 0.3 is 6.18 Å². The highest BCUT2D eigenvalue weighted by Gasteiger charge is 2.30. The third kappa shape index (κ3) is 5.07. The first-order valence-electron chi connectivity index (χ1n) is 7.07. The number of benzene rings is 1. The highest BCUT2D eigenvalue weighted by molar-refractivity contribution is 6.06. The quantitative estimate of drug-likeness (QED) is 0.651. The molecule has 0 unspecified atom stereocenters. The summed E-state index contributed by atoms with van der Waals surface area (Å²) in [6, 6.07) is 9.33. The van der Waals surface area contributed by atoms with Gasteiger partial charge in [0.05, 0.1) is 5.56 Å². The lowest BCUT2D eigenvalue weighted by molar-refractivity contribution is -0.137. The van der Waals surface area contributed by atoms with Gasteiger partial charge in [0.2, 0.25) is 0 Å². The van der Waals surface area contributed by atoms with Crippen molar-refractivity contribution in [3.63, 3.8) is 0 Å². The van der Waals surface area contributed by atoms with Crippen LogP contribution in [-0.2, 0) is 11.0 Å². The van der Waals surface area contributed by atoms with Crippen molar-refractivity contribution >= 4 is 17.4 Å². The number of amides is 1. The van der Waals surface area contributed by atoms with Gasteiger partial charge in [0.1, 0.15) is 17.5 Å². The summed E-state index contributed by atoms with van der Waals surface area (Å²) in [7, 11) is 0. The first-order chi connectivity index (χ1) is 11.8. The lowest BCUT2D eigenvalue weighted by Crippen LogP contribution is -2.15. The molecule has 0 saturated carbocycles. The molecule has 2 aromatic rings. The minimum Gasteiger partial charge on any atom is -0.345 e.